The van der Waals surface area contributed by atoms with Gasteiger partial charge in [-0.2, -0.15) is 0 Å². The van der Waals surface area contributed by atoms with Crippen molar-refractivity contribution >= 4 is 30.8 Å². The van der Waals surface area contributed by atoms with Crippen LogP contribution in [0.1, 0.15) is 33.3 Å². The van der Waals surface area contributed by atoms with Crippen molar-refractivity contribution in [3.8, 4) is 5.75 Å². The molecule has 33 heavy (non-hydrogen) atoms. The van der Waals surface area contributed by atoms with Crippen LogP contribution >= 0.6 is 0 Å². The lowest BCUT2D eigenvalue weighted by molar-refractivity contribution is -0.184. The molecule has 1 unspecified atom stereocenters. The van der Waals surface area contributed by atoms with Gasteiger partial charge in [-0.05, 0) is 39.2 Å². The summed E-state index contributed by atoms with van der Waals surface area (Å²) in [6.07, 6.45) is -3.40. The number of amidine groups is 1. The van der Waals surface area contributed by atoms with Crippen LogP contribution in [0.25, 0.3) is 0 Å². The molecule has 2 N–H and O–H groups in total. The first kappa shape index (κ1) is 22.0. The highest BCUT2D eigenvalue weighted by atomic mass is 16.7. The molecular formula is C21H25BN2O9. The monoisotopic (exact) mass is 460 g/mol. The van der Waals surface area contributed by atoms with E-state index in [1.807, 2.05) is 39.8 Å². The third-order valence-electron chi connectivity index (χ3n) is 7.38. The summed E-state index contributed by atoms with van der Waals surface area (Å²) in [5.74, 6) is 0.554. The zero-order valence-corrected chi connectivity index (χ0v) is 18.8. The van der Waals surface area contributed by atoms with Crippen molar-refractivity contribution in [1.82, 2.24) is 4.90 Å². The Hall–Kier alpha value is -2.83. The molecule has 2 saturated heterocycles. The number of benzene rings is 1. The Labute approximate surface area is 190 Å². The number of imide groups is 1. The number of ether oxygens (including phenoxy) is 3. The van der Waals surface area contributed by atoms with Crippen molar-refractivity contribution in [3.05, 3.63) is 23.8 Å². The third kappa shape index (κ3) is 2.97. The molecule has 11 nitrogen and oxygen atoms in total. The maximum absolute atomic E-state index is 11.5. The Morgan fingerprint density at radius 1 is 0.970 bits per heavy atom. The second-order valence-corrected chi connectivity index (χ2v) is 9.85. The lowest BCUT2D eigenvalue weighted by atomic mass is 9.63. The zero-order valence-electron chi connectivity index (χ0n) is 18.8. The molecule has 4 aliphatic heterocycles. The van der Waals surface area contributed by atoms with Crippen LogP contribution in [-0.2, 0) is 24.3 Å². The van der Waals surface area contributed by atoms with Gasteiger partial charge in [0.1, 0.15) is 24.5 Å². The highest BCUT2D eigenvalue weighted by Gasteiger charge is 2.65. The van der Waals surface area contributed by atoms with Crippen LogP contribution < -0.4 is 10.2 Å². The lowest BCUT2D eigenvalue weighted by Gasteiger charge is -2.53. The zero-order chi connectivity index (χ0) is 23.8. The summed E-state index contributed by atoms with van der Waals surface area (Å²) in [7, 11) is -0.631. The van der Waals surface area contributed by atoms with E-state index in [1.54, 1.807) is 6.07 Å². The van der Waals surface area contributed by atoms with Crippen molar-refractivity contribution in [3.63, 3.8) is 0 Å². The van der Waals surface area contributed by atoms with Gasteiger partial charge in [0.2, 0.25) is 0 Å². The van der Waals surface area contributed by atoms with Crippen molar-refractivity contribution < 1.29 is 43.3 Å². The molecule has 1 aromatic rings. The summed E-state index contributed by atoms with van der Waals surface area (Å²) in [5.41, 5.74) is -1.39. The normalized spacial score (nSPS) is 27.9. The van der Waals surface area contributed by atoms with Gasteiger partial charge in [-0.3, -0.25) is 0 Å². The smallest absolute Gasteiger partial charge is 0.492 e. The van der Waals surface area contributed by atoms with Crippen LogP contribution in [0.2, 0.25) is 0 Å². The fourth-order valence-electron chi connectivity index (χ4n) is 4.58. The molecule has 0 saturated carbocycles. The van der Waals surface area contributed by atoms with Crippen molar-refractivity contribution in [2.24, 2.45) is 10.4 Å². The summed E-state index contributed by atoms with van der Waals surface area (Å²) in [5, 5.41) is 18.8. The Balaban J connectivity index is 1.61. The maximum Gasteiger partial charge on any atom is 0.494 e. The summed E-state index contributed by atoms with van der Waals surface area (Å²) in [6, 6.07) is 5.02. The molecule has 12 heteroatoms. The highest BCUT2D eigenvalue weighted by molar-refractivity contribution is 6.62. The number of rotatable bonds is 1. The summed E-state index contributed by atoms with van der Waals surface area (Å²) < 4.78 is 29.5. The van der Waals surface area contributed by atoms with Crippen molar-refractivity contribution in [1.29, 1.82) is 0 Å². The standard InChI is InChI=1S/C21H25BN2O9/c1-18(2)19(3,4)33-22(32-18)12-5-6-14-13(7-12)21(20(10-30-14)8-29-9-20)11-31-15(23-21)24(16(25)26)17(27)28/h5-7H,8-11H2,1-4H3,(H,25,26)(H,27,28). The van der Waals surface area contributed by atoms with E-state index in [0.29, 0.717) is 24.5 Å². The minimum atomic E-state index is -1.70. The van der Waals surface area contributed by atoms with Gasteiger partial charge in [-0.15, -0.1) is 4.90 Å². The molecule has 2 spiro atoms. The number of nitrogens with zero attached hydrogens (tertiary/aromatic N) is 2. The number of hydrogen-bond acceptors (Lipinski definition) is 8. The molecule has 4 heterocycles. The van der Waals surface area contributed by atoms with Gasteiger partial charge in [0, 0.05) is 5.56 Å². The van der Waals surface area contributed by atoms with E-state index in [4.69, 9.17) is 23.5 Å². The molecular weight excluding hydrogens is 435 g/mol. The third-order valence-corrected chi connectivity index (χ3v) is 7.38. The van der Waals surface area contributed by atoms with E-state index in [-0.39, 0.29) is 18.1 Å². The first-order chi connectivity index (χ1) is 15.4. The minimum Gasteiger partial charge on any atom is -0.492 e. The van der Waals surface area contributed by atoms with Crippen molar-refractivity contribution in [2.75, 3.05) is 26.4 Å². The summed E-state index contributed by atoms with van der Waals surface area (Å²) in [6.45, 7) is 8.70. The molecule has 2 amide bonds. The first-order valence-electron chi connectivity index (χ1n) is 10.6. The van der Waals surface area contributed by atoms with Gasteiger partial charge >= 0.3 is 25.3 Å². The van der Waals surface area contributed by atoms with E-state index in [2.05, 4.69) is 4.99 Å². The number of carbonyl (C=O) groups is 2. The van der Waals surface area contributed by atoms with Gasteiger partial charge in [0.25, 0.3) is 0 Å². The maximum atomic E-state index is 11.5. The van der Waals surface area contributed by atoms with E-state index in [9.17, 15) is 19.8 Å². The Morgan fingerprint density at radius 3 is 2.15 bits per heavy atom. The Kier molecular flexibility index (Phi) is 4.56. The van der Waals surface area contributed by atoms with Crippen LogP contribution in [0.4, 0.5) is 9.59 Å². The van der Waals surface area contributed by atoms with Gasteiger partial charge < -0.3 is 33.7 Å². The van der Waals surface area contributed by atoms with E-state index in [1.165, 1.54) is 0 Å². The SMILES string of the molecule is CC1(C)OB(c2ccc3c(c2)C2(COC(N(C(=O)O)C(=O)O)=N2)C2(COC2)CO3)OC1(C)C. The van der Waals surface area contributed by atoms with Crippen molar-refractivity contribution in [2.45, 2.75) is 44.4 Å². The highest BCUT2D eigenvalue weighted by Crippen LogP contribution is 2.56. The molecule has 0 aromatic heterocycles. The molecule has 1 aromatic carbocycles. The quantitative estimate of drug-likeness (QED) is 0.600. The Bertz CT molecular complexity index is 1040. The van der Waals surface area contributed by atoms with Crippen LogP contribution in [0.3, 0.4) is 0 Å². The molecule has 5 rings (SSSR count). The molecule has 4 aliphatic rings. The lowest BCUT2D eigenvalue weighted by Crippen LogP contribution is -2.63. The molecule has 0 radical (unpaired) electrons. The van der Waals surface area contributed by atoms with E-state index < -0.39 is 47.5 Å². The molecule has 1 atom stereocenters. The number of amides is 2. The number of carboxylic acid groups (broad SMARTS) is 2. The van der Waals surface area contributed by atoms with Crippen LogP contribution in [0.15, 0.2) is 23.2 Å². The summed E-state index contributed by atoms with van der Waals surface area (Å²) in [4.78, 5) is 27.7. The van der Waals surface area contributed by atoms with Gasteiger partial charge in [0.05, 0.1) is 29.8 Å². The number of aliphatic imine (C=N–C) groups is 1. The van der Waals surface area contributed by atoms with E-state index in [0.717, 1.165) is 5.46 Å². The average Bonchev–Trinajstić information content (AvgIpc) is 3.19. The number of fused-ring (bicyclic) bond motifs is 3. The molecule has 2 fully saturated rings. The molecule has 176 valence electrons. The van der Waals surface area contributed by atoms with Gasteiger partial charge in [-0.25, -0.2) is 14.6 Å². The largest absolute Gasteiger partial charge is 0.494 e. The predicted octanol–water partition coefficient (Wildman–Crippen LogP) is 1.63. The van der Waals surface area contributed by atoms with Crippen LogP contribution in [0.5, 0.6) is 5.75 Å². The van der Waals surface area contributed by atoms with Crippen LogP contribution in [0, 0.1) is 5.41 Å². The van der Waals surface area contributed by atoms with Gasteiger partial charge in [0.15, 0.2) is 0 Å². The molecule has 0 aliphatic carbocycles. The average molecular weight is 460 g/mol. The summed E-state index contributed by atoms with van der Waals surface area (Å²) >= 11 is 0. The fraction of sp³-hybridized carbons (Fsp3) is 0.571. The van der Waals surface area contributed by atoms with E-state index >= 15 is 0 Å². The van der Waals surface area contributed by atoms with Gasteiger partial charge in [-0.1, -0.05) is 12.1 Å². The minimum absolute atomic E-state index is 0.0497. The second-order valence-electron chi connectivity index (χ2n) is 9.85. The second kappa shape index (κ2) is 6.84. The Morgan fingerprint density at radius 2 is 1.61 bits per heavy atom. The molecule has 0 bridgehead atoms. The predicted molar refractivity (Wildman–Crippen MR) is 114 cm³/mol. The number of hydrogen-bond donors (Lipinski definition) is 2. The van der Waals surface area contributed by atoms with Crippen LogP contribution in [-0.4, -0.2) is 78.1 Å². The fourth-order valence-corrected chi connectivity index (χ4v) is 4.58. The topological polar surface area (TPSA) is 136 Å². The first-order valence-corrected chi connectivity index (χ1v) is 10.6.